The van der Waals surface area contributed by atoms with Crippen molar-refractivity contribution in [3.8, 4) is 23.0 Å². The summed E-state index contributed by atoms with van der Waals surface area (Å²) in [5.41, 5.74) is -0.693. The highest BCUT2D eigenvalue weighted by Gasteiger charge is 2.30. The predicted octanol–water partition coefficient (Wildman–Crippen LogP) is 1.60. The van der Waals surface area contributed by atoms with Gasteiger partial charge < -0.3 is 39.1 Å². The molecule has 2 aromatic carbocycles. The van der Waals surface area contributed by atoms with Crippen LogP contribution in [0.15, 0.2) is 33.5 Å². The molecule has 0 radical (unpaired) electrons. The quantitative estimate of drug-likeness (QED) is 0.377. The fourth-order valence-corrected chi connectivity index (χ4v) is 3.48. The van der Waals surface area contributed by atoms with Crippen molar-refractivity contribution >= 4 is 21.9 Å². The molecule has 4 rings (SSSR count). The molecule has 3 aromatic rings. The molecule has 1 aliphatic heterocycles. The van der Waals surface area contributed by atoms with Crippen molar-refractivity contribution in [1.82, 2.24) is 0 Å². The second-order valence-corrected chi connectivity index (χ2v) is 6.85. The number of aromatic hydroxyl groups is 2. The Labute approximate surface area is 164 Å². The minimum atomic E-state index is -0.918. The molecule has 9 nitrogen and oxygen atoms in total. The first kappa shape index (κ1) is 19.3. The molecular formula is C20H20O9. The molecule has 0 aliphatic carbocycles. The Balaban J connectivity index is 1.90. The Morgan fingerprint density at radius 1 is 1.14 bits per heavy atom. The number of phenolic OH excluding ortho intramolecular Hbond substituents is 2. The van der Waals surface area contributed by atoms with Gasteiger partial charge in [0.2, 0.25) is 11.7 Å². The number of methoxy groups -OCH3 is 1. The molecule has 4 N–H and O–H groups in total. The largest absolute Gasteiger partial charge is 0.507 e. The summed E-state index contributed by atoms with van der Waals surface area (Å²) < 4.78 is 22.4. The second kappa shape index (κ2) is 7.43. The molecule has 0 saturated carbocycles. The topological polar surface area (TPSA) is 139 Å². The van der Waals surface area contributed by atoms with Crippen LogP contribution >= 0.6 is 0 Å². The van der Waals surface area contributed by atoms with Crippen molar-refractivity contribution in [1.29, 1.82) is 0 Å². The van der Waals surface area contributed by atoms with Gasteiger partial charge in [-0.2, -0.15) is 0 Å². The van der Waals surface area contributed by atoms with Gasteiger partial charge in [-0.1, -0.05) is 0 Å². The first-order valence-electron chi connectivity index (χ1n) is 9.01. The molecule has 1 aromatic heterocycles. The van der Waals surface area contributed by atoms with Crippen molar-refractivity contribution in [2.45, 2.75) is 31.3 Å². The highest BCUT2D eigenvalue weighted by atomic mass is 16.7. The maximum Gasteiger partial charge on any atom is 0.208 e. The van der Waals surface area contributed by atoms with Gasteiger partial charge in [-0.05, 0) is 12.1 Å². The van der Waals surface area contributed by atoms with Gasteiger partial charge in [-0.15, -0.1) is 0 Å². The van der Waals surface area contributed by atoms with Gasteiger partial charge in [-0.25, -0.2) is 0 Å². The van der Waals surface area contributed by atoms with Gasteiger partial charge in [0.05, 0.1) is 25.9 Å². The highest BCUT2D eigenvalue weighted by Crippen LogP contribution is 2.37. The van der Waals surface area contributed by atoms with E-state index in [0.29, 0.717) is 5.75 Å². The Morgan fingerprint density at radius 3 is 2.62 bits per heavy atom. The summed E-state index contributed by atoms with van der Waals surface area (Å²) in [4.78, 5) is 13.1. The first-order chi connectivity index (χ1) is 13.9. The van der Waals surface area contributed by atoms with Crippen LogP contribution in [-0.2, 0) is 4.74 Å². The van der Waals surface area contributed by atoms with Crippen LogP contribution in [0.5, 0.6) is 23.0 Å². The van der Waals surface area contributed by atoms with E-state index in [4.69, 9.17) is 18.6 Å². The van der Waals surface area contributed by atoms with E-state index in [0.717, 1.165) is 0 Å². The number of fused-ring (bicyclic) bond motifs is 2. The Kier molecular flexibility index (Phi) is 4.95. The SMILES string of the molecule is COc1cc(O[C@H]2C[C@@H](O)C[C@@H](CO)O2)c2c(=O)c3c(O)ccc(O)c3oc2c1. The minimum absolute atomic E-state index is 0.0170. The summed E-state index contributed by atoms with van der Waals surface area (Å²) >= 11 is 0. The van der Waals surface area contributed by atoms with Gasteiger partial charge in [0.1, 0.15) is 33.6 Å². The lowest BCUT2D eigenvalue weighted by atomic mass is 10.1. The average Bonchev–Trinajstić information content (AvgIpc) is 2.69. The number of ether oxygens (including phenoxy) is 3. The van der Waals surface area contributed by atoms with E-state index in [1.807, 2.05) is 0 Å². The van der Waals surface area contributed by atoms with Crippen LogP contribution in [0.1, 0.15) is 12.8 Å². The third-order valence-electron chi connectivity index (χ3n) is 4.86. The van der Waals surface area contributed by atoms with Crippen LogP contribution in [0, 0.1) is 0 Å². The second-order valence-electron chi connectivity index (χ2n) is 6.85. The summed E-state index contributed by atoms with van der Waals surface area (Å²) in [6.45, 7) is -0.282. The summed E-state index contributed by atoms with van der Waals surface area (Å²) in [5.74, 6) is -0.259. The van der Waals surface area contributed by atoms with Crippen LogP contribution in [-0.4, -0.2) is 52.6 Å². The van der Waals surface area contributed by atoms with Crippen LogP contribution in [0.4, 0.5) is 0 Å². The number of rotatable bonds is 4. The molecule has 154 valence electrons. The number of hydrogen-bond acceptors (Lipinski definition) is 9. The van der Waals surface area contributed by atoms with E-state index in [2.05, 4.69) is 0 Å². The van der Waals surface area contributed by atoms with Crippen molar-refractivity contribution in [2.24, 2.45) is 0 Å². The number of aliphatic hydroxyl groups is 2. The van der Waals surface area contributed by atoms with Crippen LogP contribution < -0.4 is 14.9 Å². The third kappa shape index (κ3) is 3.44. The van der Waals surface area contributed by atoms with E-state index in [9.17, 15) is 25.2 Å². The van der Waals surface area contributed by atoms with Gasteiger partial charge in [0.15, 0.2) is 11.3 Å². The highest BCUT2D eigenvalue weighted by molar-refractivity contribution is 5.98. The molecule has 2 heterocycles. The zero-order valence-electron chi connectivity index (χ0n) is 15.5. The summed E-state index contributed by atoms with van der Waals surface area (Å²) in [6, 6.07) is 5.33. The van der Waals surface area contributed by atoms with Crippen molar-refractivity contribution in [3.05, 3.63) is 34.5 Å². The first-order valence-corrected chi connectivity index (χ1v) is 9.01. The van der Waals surface area contributed by atoms with Crippen molar-refractivity contribution in [3.63, 3.8) is 0 Å². The standard InChI is InChI=1S/C20H20O9/c1-26-10-6-14(28-16-5-9(22)4-11(8-21)27-16)18-15(7-10)29-20-13(24)3-2-12(23)17(20)19(18)25/h2-3,6-7,9,11,16,21-24H,4-5,8H2,1H3/t9-,11-,16-/m0/s1. The molecule has 9 heteroatoms. The molecule has 0 amide bonds. The number of aliphatic hydroxyl groups excluding tert-OH is 2. The van der Waals surface area contributed by atoms with Crippen molar-refractivity contribution < 1.29 is 39.1 Å². The summed E-state index contributed by atoms with van der Waals surface area (Å²) in [5, 5.41) is 39.3. The van der Waals surface area contributed by atoms with Gasteiger partial charge in [0.25, 0.3) is 0 Å². The lowest BCUT2D eigenvalue weighted by Crippen LogP contribution is -2.40. The lowest BCUT2D eigenvalue weighted by molar-refractivity contribution is -0.184. The molecular weight excluding hydrogens is 384 g/mol. The smallest absolute Gasteiger partial charge is 0.208 e. The molecule has 0 unspecified atom stereocenters. The molecule has 0 bridgehead atoms. The van der Waals surface area contributed by atoms with Crippen LogP contribution in [0.25, 0.3) is 21.9 Å². The Hall–Kier alpha value is -3.01. The van der Waals surface area contributed by atoms with E-state index < -0.39 is 23.9 Å². The number of hydrogen-bond donors (Lipinski definition) is 4. The minimum Gasteiger partial charge on any atom is -0.507 e. The van der Waals surface area contributed by atoms with Crippen molar-refractivity contribution in [2.75, 3.05) is 13.7 Å². The Morgan fingerprint density at radius 2 is 1.90 bits per heavy atom. The monoisotopic (exact) mass is 404 g/mol. The zero-order valence-corrected chi connectivity index (χ0v) is 15.5. The van der Waals surface area contributed by atoms with E-state index in [1.54, 1.807) is 0 Å². The molecule has 0 spiro atoms. The lowest BCUT2D eigenvalue weighted by Gasteiger charge is -2.32. The molecule has 1 saturated heterocycles. The summed E-state index contributed by atoms with van der Waals surface area (Å²) in [7, 11) is 1.43. The molecule has 3 atom stereocenters. The summed E-state index contributed by atoms with van der Waals surface area (Å²) in [6.07, 6.45) is -1.84. The van der Waals surface area contributed by atoms with Crippen LogP contribution in [0.3, 0.4) is 0 Å². The number of phenols is 2. The molecule has 1 fully saturated rings. The fourth-order valence-electron chi connectivity index (χ4n) is 3.48. The zero-order chi connectivity index (χ0) is 20.7. The van der Waals surface area contributed by atoms with E-state index in [1.165, 1.54) is 31.4 Å². The number of benzene rings is 2. The Bertz CT molecular complexity index is 1120. The van der Waals surface area contributed by atoms with Gasteiger partial charge >= 0.3 is 0 Å². The van der Waals surface area contributed by atoms with E-state index in [-0.39, 0.29) is 58.6 Å². The molecule has 29 heavy (non-hydrogen) atoms. The van der Waals surface area contributed by atoms with E-state index >= 15 is 0 Å². The maximum absolute atomic E-state index is 13.1. The van der Waals surface area contributed by atoms with Gasteiger partial charge in [-0.3, -0.25) is 4.79 Å². The molecule has 1 aliphatic rings. The third-order valence-corrected chi connectivity index (χ3v) is 4.86. The average molecular weight is 404 g/mol. The van der Waals surface area contributed by atoms with Gasteiger partial charge in [0, 0.05) is 25.0 Å². The van der Waals surface area contributed by atoms with Crippen LogP contribution in [0.2, 0.25) is 0 Å². The normalized spacial score (nSPS) is 22.1. The predicted molar refractivity (Wildman–Crippen MR) is 101 cm³/mol. The maximum atomic E-state index is 13.1. The fraction of sp³-hybridized carbons (Fsp3) is 0.350.